The number of nitriles is 1. The van der Waals surface area contributed by atoms with E-state index >= 15 is 0 Å². The van der Waals surface area contributed by atoms with Gasteiger partial charge in [0.1, 0.15) is 22.9 Å². The van der Waals surface area contributed by atoms with Gasteiger partial charge >= 0.3 is 0 Å². The predicted molar refractivity (Wildman–Crippen MR) is 120 cm³/mol. The largest absolute Gasteiger partial charge is 0.488 e. The normalized spacial score (nSPS) is 21.3. The SMILES string of the molecule is Cc1ccnc(N[C@H]2CC[C@@H](Oc3cc(N4CCOCC4)cn4ncc(C#N)c34)CC2)n1. The Balaban J connectivity index is 1.31. The number of ether oxygens (including phenoxy) is 2. The van der Waals surface area contributed by atoms with E-state index in [-0.39, 0.29) is 6.10 Å². The van der Waals surface area contributed by atoms with Gasteiger partial charge in [0, 0.05) is 37.1 Å². The second kappa shape index (κ2) is 9.01. The van der Waals surface area contributed by atoms with Crippen molar-refractivity contribution in [2.75, 3.05) is 36.5 Å². The highest BCUT2D eigenvalue weighted by atomic mass is 16.5. The van der Waals surface area contributed by atoms with Crippen molar-refractivity contribution in [3.8, 4) is 11.8 Å². The van der Waals surface area contributed by atoms with Crippen LogP contribution in [0.15, 0.2) is 30.7 Å². The molecule has 0 unspecified atom stereocenters. The second-order valence-corrected chi connectivity index (χ2v) is 8.38. The molecule has 1 aliphatic heterocycles. The minimum absolute atomic E-state index is 0.0941. The highest BCUT2D eigenvalue weighted by Gasteiger charge is 2.25. The summed E-state index contributed by atoms with van der Waals surface area (Å²) in [6.07, 6.45) is 9.25. The third-order valence-electron chi connectivity index (χ3n) is 6.15. The molecule has 5 rings (SSSR count). The van der Waals surface area contributed by atoms with Gasteiger partial charge in [-0.1, -0.05) is 0 Å². The first-order valence-electron chi connectivity index (χ1n) is 11.2. The van der Waals surface area contributed by atoms with Crippen molar-refractivity contribution in [3.63, 3.8) is 0 Å². The number of morpholine rings is 1. The van der Waals surface area contributed by atoms with E-state index < -0.39 is 0 Å². The molecule has 0 aromatic carbocycles. The van der Waals surface area contributed by atoms with Crippen molar-refractivity contribution in [1.82, 2.24) is 19.6 Å². The molecule has 0 bridgehead atoms. The molecule has 1 aliphatic carbocycles. The van der Waals surface area contributed by atoms with Gasteiger partial charge in [0.2, 0.25) is 5.95 Å². The fraction of sp³-hybridized carbons (Fsp3) is 0.478. The van der Waals surface area contributed by atoms with Gasteiger partial charge in [-0.05, 0) is 38.7 Å². The molecule has 1 saturated heterocycles. The first-order valence-corrected chi connectivity index (χ1v) is 11.2. The Bertz CT molecular complexity index is 1130. The van der Waals surface area contributed by atoms with Gasteiger partial charge in [0.05, 0.1) is 37.4 Å². The van der Waals surface area contributed by atoms with Crippen LogP contribution < -0.4 is 15.0 Å². The van der Waals surface area contributed by atoms with Crippen LogP contribution in [-0.4, -0.2) is 58.0 Å². The van der Waals surface area contributed by atoms with Crippen LogP contribution >= 0.6 is 0 Å². The zero-order valence-corrected chi connectivity index (χ0v) is 18.2. The summed E-state index contributed by atoms with van der Waals surface area (Å²) in [5.74, 6) is 1.41. The molecule has 32 heavy (non-hydrogen) atoms. The van der Waals surface area contributed by atoms with Gasteiger partial charge in [0.15, 0.2) is 0 Å². The van der Waals surface area contributed by atoms with Crippen LogP contribution in [0.4, 0.5) is 11.6 Å². The van der Waals surface area contributed by atoms with Crippen LogP contribution in [0.3, 0.4) is 0 Å². The fourth-order valence-electron chi connectivity index (χ4n) is 4.44. The maximum Gasteiger partial charge on any atom is 0.223 e. The summed E-state index contributed by atoms with van der Waals surface area (Å²) in [5.41, 5.74) is 3.26. The number of hydrogen-bond acceptors (Lipinski definition) is 8. The standard InChI is InChI=1S/C23H27N7O2/c1-16-6-7-25-23(27-16)28-18-2-4-20(5-3-18)32-21-12-19(29-8-10-31-11-9-29)15-30-22(21)17(13-24)14-26-30/h6-7,12,14-15,18,20H,2-5,8-11H2,1H3,(H,25,27,28)/t18-,20+. The molecule has 0 radical (unpaired) electrons. The number of anilines is 2. The number of aryl methyl sites for hydroxylation is 1. The summed E-state index contributed by atoms with van der Waals surface area (Å²) in [6, 6.07) is 6.53. The lowest BCUT2D eigenvalue weighted by Crippen LogP contribution is -2.36. The van der Waals surface area contributed by atoms with E-state index in [0.717, 1.165) is 61.4 Å². The van der Waals surface area contributed by atoms with Crippen molar-refractivity contribution < 1.29 is 9.47 Å². The highest BCUT2D eigenvalue weighted by molar-refractivity contribution is 5.72. The Morgan fingerprint density at radius 2 is 2.03 bits per heavy atom. The summed E-state index contributed by atoms with van der Waals surface area (Å²) in [7, 11) is 0. The monoisotopic (exact) mass is 433 g/mol. The van der Waals surface area contributed by atoms with Gasteiger partial charge < -0.3 is 19.7 Å². The number of hydrogen-bond donors (Lipinski definition) is 1. The molecule has 1 saturated carbocycles. The maximum atomic E-state index is 9.56. The van der Waals surface area contributed by atoms with Crippen LogP contribution in [0.25, 0.3) is 5.52 Å². The van der Waals surface area contributed by atoms with Gasteiger partial charge in [-0.25, -0.2) is 14.5 Å². The lowest BCUT2D eigenvalue weighted by Gasteiger charge is -2.31. The van der Waals surface area contributed by atoms with Crippen molar-refractivity contribution >= 4 is 17.2 Å². The zero-order valence-electron chi connectivity index (χ0n) is 18.2. The molecule has 0 atom stereocenters. The van der Waals surface area contributed by atoms with E-state index in [0.29, 0.717) is 30.8 Å². The lowest BCUT2D eigenvalue weighted by atomic mass is 9.93. The van der Waals surface area contributed by atoms with Crippen molar-refractivity contribution in [1.29, 1.82) is 5.26 Å². The van der Waals surface area contributed by atoms with Gasteiger partial charge in [-0.2, -0.15) is 10.4 Å². The van der Waals surface area contributed by atoms with E-state index in [9.17, 15) is 5.26 Å². The van der Waals surface area contributed by atoms with Crippen LogP contribution in [0, 0.1) is 18.3 Å². The van der Waals surface area contributed by atoms with E-state index in [4.69, 9.17) is 9.47 Å². The van der Waals surface area contributed by atoms with Gasteiger partial charge in [-0.3, -0.25) is 0 Å². The van der Waals surface area contributed by atoms with E-state index in [1.807, 2.05) is 25.3 Å². The summed E-state index contributed by atoms with van der Waals surface area (Å²) < 4.78 is 13.7. The topological polar surface area (TPSA) is 101 Å². The van der Waals surface area contributed by atoms with E-state index in [2.05, 4.69) is 31.4 Å². The summed E-state index contributed by atoms with van der Waals surface area (Å²) >= 11 is 0. The lowest BCUT2D eigenvalue weighted by molar-refractivity contribution is 0.122. The highest BCUT2D eigenvalue weighted by Crippen LogP contribution is 2.33. The second-order valence-electron chi connectivity index (χ2n) is 8.38. The third kappa shape index (κ3) is 4.32. The molecular weight excluding hydrogens is 406 g/mol. The molecule has 1 N–H and O–H groups in total. The minimum atomic E-state index is 0.0941. The van der Waals surface area contributed by atoms with Gasteiger partial charge in [-0.15, -0.1) is 0 Å². The number of nitrogens with one attached hydrogen (secondary N) is 1. The number of aromatic nitrogens is 4. The number of pyridine rings is 1. The molecule has 0 amide bonds. The Morgan fingerprint density at radius 3 is 2.78 bits per heavy atom. The average Bonchev–Trinajstić information content (AvgIpc) is 3.24. The molecular formula is C23H27N7O2. The first-order chi connectivity index (χ1) is 15.7. The Morgan fingerprint density at radius 1 is 1.22 bits per heavy atom. The molecule has 4 heterocycles. The minimum Gasteiger partial charge on any atom is -0.488 e. The van der Waals surface area contributed by atoms with Crippen LogP contribution in [0.2, 0.25) is 0 Å². The molecule has 3 aromatic heterocycles. The fourth-order valence-corrected chi connectivity index (χ4v) is 4.44. The van der Waals surface area contributed by atoms with Gasteiger partial charge in [0.25, 0.3) is 0 Å². The summed E-state index contributed by atoms with van der Waals surface area (Å²) in [6.45, 7) is 5.04. The van der Waals surface area contributed by atoms with E-state index in [1.54, 1.807) is 16.9 Å². The molecule has 2 aliphatic rings. The third-order valence-corrected chi connectivity index (χ3v) is 6.15. The number of fused-ring (bicyclic) bond motifs is 1. The Labute approximate surface area is 187 Å². The zero-order chi connectivity index (χ0) is 21.9. The van der Waals surface area contributed by atoms with Crippen molar-refractivity contribution in [3.05, 3.63) is 42.0 Å². The molecule has 3 aromatic rings. The molecule has 9 heteroatoms. The summed E-state index contributed by atoms with van der Waals surface area (Å²) in [4.78, 5) is 11.0. The molecule has 9 nitrogen and oxygen atoms in total. The average molecular weight is 434 g/mol. The van der Waals surface area contributed by atoms with Crippen LogP contribution in [0.1, 0.15) is 36.9 Å². The summed E-state index contributed by atoms with van der Waals surface area (Å²) in [5, 5.41) is 17.4. The van der Waals surface area contributed by atoms with E-state index in [1.165, 1.54) is 0 Å². The molecule has 166 valence electrons. The quantitative estimate of drug-likeness (QED) is 0.656. The smallest absolute Gasteiger partial charge is 0.223 e. The predicted octanol–water partition coefficient (Wildman–Crippen LogP) is 2.94. The maximum absolute atomic E-state index is 9.56. The number of nitrogens with zero attached hydrogens (tertiary/aromatic N) is 6. The molecule has 2 fully saturated rings. The Hall–Kier alpha value is -3.38. The van der Waals surface area contributed by atoms with Crippen molar-refractivity contribution in [2.24, 2.45) is 0 Å². The molecule has 0 spiro atoms. The van der Waals surface area contributed by atoms with Crippen LogP contribution in [0.5, 0.6) is 5.75 Å². The number of rotatable bonds is 5. The Kier molecular flexibility index (Phi) is 5.77. The van der Waals surface area contributed by atoms with Crippen molar-refractivity contribution in [2.45, 2.75) is 44.8 Å². The van der Waals surface area contributed by atoms with Crippen LogP contribution in [-0.2, 0) is 4.74 Å². The first kappa shape index (κ1) is 20.5.